The Bertz CT molecular complexity index is 1320. The first kappa shape index (κ1) is 22.3. The molecule has 34 heavy (non-hydrogen) atoms. The average Bonchev–Trinajstić information content (AvgIpc) is 2.82. The molecule has 9 nitrogen and oxygen atoms in total. The van der Waals surface area contributed by atoms with Gasteiger partial charge < -0.3 is 4.74 Å². The number of nitro benzene ring substituents is 1. The first-order valence-electron chi connectivity index (χ1n) is 9.95. The lowest BCUT2D eigenvalue weighted by molar-refractivity contribution is -0.384. The van der Waals surface area contributed by atoms with Crippen molar-refractivity contribution in [3.63, 3.8) is 0 Å². The summed E-state index contributed by atoms with van der Waals surface area (Å²) in [4.78, 5) is 48.5. The molecule has 170 valence electrons. The van der Waals surface area contributed by atoms with Gasteiger partial charge in [0.15, 0.2) is 0 Å². The molecule has 3 aromatic carbocycles. The number of anilines is 1. The number of nitro groups is 1. The third-order valence-electron chi connectivity index (χ3n) is 4.90. The van der Waals surface area contributed by atoms with E-state index in [1.807, 2.05) is 0 Å². The summed E-state index contributed by atoms with van der Waals surface area (Å²) in [6.07, 6.45) is 1.32. The Labute approximate surface area is 192 Å². The van der Waals surface area contributed by atoms with Crippen molar-refractivity contribution in [2.24, 2.45) is 0 Å². The van der Waals surface area contributed by atoms with E-state index < -0.39 is 28.6 Å². The van der Waals surface area contributed by atoms with Crippen LogP contribution in [-0.4, -0.2) is 22.8 Å². The number of non-ortho nitro benzene ring substituents is 1. The number of nitrogens with zero attached hydrogens (tertiary/aromatic N) is 2. The van der Waals surface area contributed by atoms with Gasteiger partial charge in [0, 0.05) is 12.1 Å². The van der Waals surface area contributed by atoms with Crippen LogP contribution < -0.4 is 15.0 Å². The number of rotatable bonds is 6. The number of ether oxygens (including phenoxy) is 1. The molecule has 4 amide bonds. The molecule has 0 spiro atoms. The topological polar surface area (TPSA) is 119 Å². The number of imide groups is 2. The number of benzene rings is 3. The summed E-state index contributed by atoms with van der Waals surface area (Å²) in [5.74, 6) is -1.75. The molecule has 0 aliphatic carbocycles. The van der Waals surface area contributed by atoms with Gasteiger partial charge in [-0.15, -0.1) is 0 Å². The predicted molar refractivity (Wildman–Crippen MR) is 119 cm³/mol. The van der Waals surface area contributed by atoms with Crippen molar-refractivity contribution in [3.05, 3.63) is 105 Å². The molecule has 1 N–H and O–H groups in total. The molecule has 1 aliphatic heterocycles. The van der Waals surface area contributed by atoms with E-state index in [2.05, 4.69) is 5.32 Å². The van der Waals surface area contributed by atoms with Gasteiger partial charge in [0.2, 0.25) is 0 Å². The molecule has 0 aromatic heterocycles. The Morgan fingerprint density at radius 1 is 1.00 bits per heavy atom. The second kappa shape index (κ2) is 9.33. The maximum absolute atomic E-state index is 13.2. The van der Waals surface area contributed by atoms with Crippen LogP contribution in [0.5, 0.6) is 5.75 Å². The van der Waals surface area contributed by atoms with E-state index in [-0.39, 0.29) is 23.6 Å². The first-order chi connectivity index (χ1) is 16.3. The van der Waals surface area contributed by atoms with Crippen LogP contribution in [0, 0.1) is 15.9 Å². The Kier molecular flexibility index (Phi) is 6.13. The second-order valence-electron chi connectivity index (χ2n) is 7.22. The molecule has 0 saturated carbocycles. The summed E-state index contributed by atoms with van der Waals surface area (Å²) in [6.45, 7) is 0.109. The summed E-state index contributed by atoms with van der Waals surface area (Å²) in [5.41, 5.74) is 0.929. The van der Waals surface area contributed by atoms with Gasteiger partial charge in [0.1, 0.15) is 23.7 Å². The van der Waals surface area contributed by atoms with Crippen molar-refractivity contribution in [1.29, 1.82) is 0 Å². The van der Waals surface area contributed by atoms with Crippen molar-refractivity contribution in [3.8, 4) is 5.75 Å². The largest absolute Gasteiger partial charge is 0.489 e. The highest BCUT2D eigenvalue weighted by Gasteiger charge is 2.36. The summed E-state index contributed by atoms with van der Waals surface area (Å²) in [6, 6.07) is 16.3. The van der Waals surface area contributed by atoms with Crippen LogP contribution in [0.2, 0.25) is 0 Å². The van der Waals surface area contributed by atoms with Crippen molar-refractivity contribution < 1.29 is 28.4 Å². The van der Waals surface area contributed by atoms with E-state index in [9.17, 15) is 28.9 Å². The number of carbonyl (C=O) groups is 3. The fourth-order valence-corrected chi connectivity index (χ4v) is 3.24. The smallest absolute Gasteiger partial charge is 0.335 e. The van der Waals surface area contributed by atoms with Crippen molar-refractivity contribution in [2.45, 2.75) is 6.61 Å². The fourth-order valence-electron chi connectivity index (χ4n) is 3.24. The second-order valence-corrected chi connectivity index (χ2v) is 7.22. The van der Waals surface area contributed by atoms with Crippen molar-refractivity contribution in [2.75, 3.05) is 4.90 Å². The number of urea groups is 1. The molecule has 1 saturated heterocycles. The third-order valence-corrected chi connectivity index (χ3v) is 4.90. The highest BCUT2D eigenvalue weighted by molar-refractivity contribution is 6.39. The molecule has 1 aliphatic rings. The monoisotopic (exact) mass is 461 g/mol. The molecule has 1 fully saturated rings. The number of barbiturate groups is 1. The minimum absolute atomic E-state index is 0.0355. The lowest BCUT2D eigenvalue weighted by Gasteiger charge is -2.26. The molecule has 1 heterocycles. The van der Waals surface area contributed by atoms with Crippen molar-refractivity contribution in [1.82, 2.24) is 5.32 Å². The zero-order chi connectivity index (χ0) is 24.2. The summed E-state index contributed by atoms with van der Waals surface area (Å²) < 4.78 is 18.8. The molecule has 4 rings (SSSR count). The number of hydrogen-bond acceptors (Lipinski definition) is 6. The Hall–Kier alpha value is -4.86. The Morgan fingerprint density at radius 3 is 2.38 bits per heavy atom. The van der Waals surface area contributed by atoms with Crippen LogP contribution in [0.4, 0.5) is 20.6 Å². The average molecular weight is 461 g/mol. The Balaban J connectivity index is 1.49. The zero-order valence-electron chi connectivity index (χ0n) is 17.4. The molecule has 0 bridgehead atoms. The molecule has 0 radical (unpaired) electrons. The Morgan fingerprint density at radius 2 is 1.71 bits per heavy atom. The molecule has 0 unspecified atom stereocenters. The first-order valence-corrected chi connectivity index (χ1v) is 9.95. The molecule has 3 aromatic rings. The lowest BCUT2D eigenvalue weighted by atomic mass is 10.1. The van der Waals surface area contributed by atoms with E-state index in [1.54, 1.807) is 36.4 Å². The maximum Gasteiger partial charge on any atom is 0.335 e. The summed E-state index contributed by atoms with van der Waals surface area (Å²) in [5, 5.41) is 13.0. The van der Waals surface area contributed by atoms with Gasteiger partial charge in [-0.2, -0.15) is 0 Å². The lowest BCUT2D eigenvalue weighted by Crippen LogP contribution is -2.54. The minimum Gasteiger partial charge on any atom is -0.489 e. The number of nitrogens with one attached hydrogen (secondary N) is 1. The number of halogens is 1. The highest BCUT2D eigenvalue weighted by Crippen LogP contribution is 2.23. The zero-order valence-corrected chi connectivity index (χ0v) is 17.4. The van der Waals surface area contributed by atoms with Crippen LogP contribution in [0.3, 0.4) is 0 Å². The van der Waals surface area contributed by atoms with Crippen LogP contribution in [0.25, 0.3) is 6.08 Å². The van der Waals surface area contributed by atoms with Gasteiger partial charge in [0.25, 0.3) is 17.5 Å². The maximum atomic E-state index is 13.2. The molecule has 10 heteroatoms. The summed E-state index contributed by atoms with van der Waals surface area (Å²) in [7, 11) is 0. The standard InChI is InChI=1S/C24H16FN3O6/c25-17-6-8-18(9-7-17)27-23(30)21(22(29)26-24(27)31)13-15-4-10-20(11-5-15)34-14-16-2-1-3-19(12-16)28(32)33/h1-13H,14H2,(H,26,29,31)/b21-13+. The van der Waals surface area contributed by atoms with E-state index in [0.29, 0.717) is 16.9 Å². The SMILES string of the molecule is O=C1NC(=O)N(c2ccc(F)cc2)C(=O)/C1=C/c1ccc(OCc2cccc([N+](=O)[O-])c2)cc1. The molecular formula is C24H16FN3O6. The van der Waals surface area contributed by atoms with E-state index >= 15 is 0 Å². The fraction of sp³-hybridized carbons (Fsp3) is 0.0417. The normalized spacial score (nSPS) is 14.8. The molecular weight excluding hydrogens is 445 g/mol. The van der Waals surface area contributed by atoms with Gasteiger partial charge in [-0.3, -0.25) is 25.0 Å². The van der Waals surface area contributed by atoms with Gasteiger partial charge in [0.05, 0.1) is 10.6 Å². The van der Waals surface area contributed by atoms with E-state index in [4.69, 9.17) is 4.74 Å². The highest BCUT2D eigenvalue weighted by atomic mass is 19.1. The van der Waals surface area contributed by atoms with E-state index in [0.717, 1.165) is 17.0 Å². The van der Waals surface area contributed by atoms with Gasteiger partial charge in [-0.05, 0) is 53.6 Å². The summed E-state index contributed by atoms with van der Waals surface area (Å²) >= 11 is 0. The van der Waals surface area contributed by atoms with Crippen molar-refractivity contribution >= 4 is 35.3 Å². The van der Waals surface area contributed by atoms with Crippen LogP contribution in [0.1, 0.15) is 11.1 Å². The van der Waals surface area contributed by atoms with E-state index in [1.165, 1.54) is 30.3 Å². The van der Waals surface area contributed by atoms with Crippen LogP contribution in [-0.2, 0) is 16.2 Å². The predicted octanol–water partition coefficient (Wildman–Crippen LogP) is 3.98. The number of carbonyl (C=O) groups excluding carboxylic acids is 3. The van der Waals surface area contributed by atoms with Gasteiger partial charge >= 0.3 is 6.03 Å². The number of amides is 4. The van der Waals surface area contributed by atoms with Gasteiger partial charge in [-0.1, -0.05) is 24.3 Å². The van der Waals surface area contributed by atoms with Crippen LogP contribution >= 0.6 is 0 Å². The number of hydrogen-bond donors (Lipinski definition) is 1. The van der Waals surface area contributed by atoms with Gasteiger partial charge in [-0.25, -0.2) is 14.1 Å². The molecule has 0 atom stereocenters. The van der Waals surface area contributed by atoms with Crippen LogP contribution in [0.15, 0.2) is 78.4 Å². The quantitative estimate of drug-likeness (QED) is 0.257. The minimum atomic E-state index is -0.927. The third kappa shape index (κ3) is 4.80.